The summed E-state index contributed by atoms with van der Waals surface area (Å²) in [7, 11) is 0. The second kappa shape index (κ2) is 5.89. The van der Waals surface area contributed by atoms with E-state index in [1.165, 1.54) is 6.92 Å². The first-order valence-corrected chi connectivity index (χ1v) is 6.99. The van der Waals surface area contributed by atoms with Crippen molar-refractivity contribution in [2.45, 2.75) is 33.7 Å². The van der Waals surface area contributed by atoms with Crippen LogP contribution in [0.1, 0.15) is 46.0 Å². The largest absolute Gasteiger partial charge is 0.379 e. The molecule has 1 N–H and O–H groups in total. The van der Waals surface area contributed by atoms with E-state index in [0.29, 0.717) is 24.5 Å². The van der Waals surface area contributed by atoms with Gasteiger partial charge in [-0.25, -0.2) is 0 Å². The van der Waals surface area contributed by atoms with Crippen LogP contribution in [0.15, 0.2) is 0 Å². The molecule has 1 fully saturated rings. The molecule has 0 aliphatic carbocycles. The molecule has 1 aliphatic heterocycles. The third-order valence-corrected chi connectivity index (χ3v) is 4.01. The number of aromatic amines is 1. The number of aryl methyl sites for hydroxylation is 1. The molecule has 0 spiro atoms. The number of carbonyl (C=O) groups is 2. The first kappa shape index (κ1) is 14.9. The van der Waals surface area contributed by atoms with Crippen molar-refractivity contribution < 1.29 is 14.3 Å². The normalized spacial score (nSPS) is 18.0. The van der Waals surface area contributed by atoms with Crippen molar-refractivity contribution in [3.63, 3.8) is 0 Å². The quantitative estimate of drug-likeness (QED) is 0.852. The monoisotopic (exact) mass is 278 g/mol. The van der Waals surface area contributed by atoms with Crippen LogP contribution in [0.4, 0.5) is 0 Å². The SMILES string of the molecule is CC(=O)c1c(C)[nH]c(C(=O)C(C)N2CCOCC2)c1C. The van der Waals surface area contributed by atoms with Crippen LogP contribution in [0.25, 0.3) is 0 Å². The molecule has 1 aromatic heterocycles. The highest BCUT2D eigenvalue weighted by Gasteiger charge is 2.28. The maximum atomic E-state index is 12.6. The van der Waals surface area contributed by atoms with Crippen LogP contribution in [0, 0.1) is 13.8 Å². The highest BCUT2D eigenvalue weighted by molar-refractivity contribution is 6.05. The van der Waals surface area contributed by atoms with Crippen molar-refractivity contribution in [2.75, 3.05) is 26.3 Å². The zero-order valence-corrected chi connectivity index (χ0v) is 12.6. The second-order valence-electron chi connectivity index (χ2n) is 5.37. The third kappa shape index (κ3) is 2.69. The predicted octanol–water partition coefficient (Wildman–Crippen LogP) is 1.74. The van der Waals surface area contributed by atoms with Crippen molar-refractivity contribution in [1.29, 1.82) is 0 Å². The molecule has 0 aromatic carbocycles. The molecule has 1 unspecified atom stereocenters. The number of morpholine rings is 1. The van der Waals surface area contributed by atoms with E-state index in [4.69, 9.17) is 4.74 Å². The van der Waals surface area contributed by atoms with Gasteiger partial charge in [0.25, 0.3) is 0 Å². The van der Waals surface area contributed by atoms with Gasteiger partial charge in [0.15, 0.2) is 11.6 Å². The number of ketones is 2. The van der Waals surface area contributed by atoms with Gasteiger partial charge >= 0.3 is 0 Å². The molecule has 1 aromatic rings. The van der Waals surface area contributed by atoms with Crippen LogP contribution in [-0.4, -0.2) is 53.8 Å². The third-order valence-electron chi connectivity index (χ3n) is 4.01. The Morgan fingerprint density at radius 3 is 2.35 bits per heavy atom. The molecule has 5 nitrogen and oxygen atoms in total. The Morgan fingerprint density at radius 1 is 1.25 bits per heavy atom. The number of rotatable bonds is 4. The highest BCUT2D eigenvalue weighted by atomic mass is 16.5. The van der Waals surface area contributed by atoms with E-state index in [0.717, 1.165) is 24.3 Å². The first-order valence-electron chi connectivity index (χ1n) is 6.99. The maximum absolute atomic E-state index is 12.6. The average Bonchev–Trinajstić information content (AvgIpc) is 2.73. The Kier molecular flexibility index (Phi) is 4.40. The van der Waals surface area contributed by atoms with Crippen LogP contribution in [0.3, 0.4) is 0 Å². The van der Waals surface area contributed by atoms with Gasteiger partial charge in [-0.05, 0) is 33.3 Å². The van der Waals surface area contributed by atoms with E-state index >= 15 is 0 Å². The summed E-state index contributed by atoms with van der Waals surface area (Å²) in [6.07, 6.45) is 0. The summed E-state index contributed by atoms with van der Waals surface area (Å²) in [5.74, 6) is 0.0364. The smallest absolute Gasteiger partial charge is 0.196 e. The molecule has 2 rings (SSSR count). The summed E-state index contributed by atoms with van der Waals surface area (Å²) < 4.78 is 5.31. The van der Waals surface area contributed by atoms with Gasteiger partial charge in [-0.15, -0.1) is 0 Å². The number of nitrogens with one attached hydrogen (secondary N) is 1. The highest BCUT2D eigenvalue weighted by Crippen LogP contribution is 2.21. The Hall–Kier alpha value is -1.46. The van der Waals surface area contributed by atoms with E-state index in [2.05, 4.69) is 9.88 Å². The molecular weight excluding hydrogens is 256 g/mol. The molecule has 0 radical (unpaired) electrons. The molecule has 1 saturated heterocycles. The van der Waals surface area contributed by atoms with Crippen molar-refractivity contribution in [3.05, 3.63) is 22.5 Å². The minimum absolute atomic E-state index is 0.00525. The topological polar surface area (TPSA) is 62.4 Å². The fourth-order valence-electron chi connectivity index (χ4n) is 2.86. The van der Waals surface area contributed by atoms with E-state index in [1.807, 2.05) is 20.8 Å². The van der Waals surface area contributed by atoms with Gasteiger partial charge in [-0.3, -0.25) is 14.5 Å². The second-order valence-corrected chi connectivity index (χ2v) is 5.37. The van der Waals surface area contributed by atoms with Crippen molar-refractivity contribution in [3.8, 4) is 0 Å². The van der Waals surface area contributed by atoms with Crippen molar-refractivity contribution in [1.82, 2.24) is 9.88 Å². The fourth-order valence-corrected chi connectivity index (χ4v) is 2.86. The van der Waals surface area contributed by atoms with Crippen LogP contribution >= 0.6 is 0 Å². The summed E-state index contributed by atoms with van der Waals surface area (Å²) in [4.78, 5) is 29.5. The molecule has 0 amide bonds. The Bertz CT molecular complexity index is 527. The molecule has 2 heterocycles. The van der Waals surface area contributed by atoms with Crippen LogP contribution in [-0.2, 0) is 4.74 Å². The fraction of sp³-hybridized carbons (Fsp3) is 0.600. The van der Waals surface area contributed by atoms with E-state index < -0.39 is 0 Å². The van der Waals surface area contributed by atoms with E-state index in [-0.39, 0.29) is 17.6 Å². The maximum Gasteiger partial charge on any atom is 0.196 e. The van der Waals surface area contributed by atoms with Crippen molar-refractivity contribution in [2.24, 2.45) is 0 Å². The number of aromatic nitrogens is 1. The summed E-state index contributed by atoms with van der Waals surface area (Å²) >= 11 is 0. The van der Waals surface area contributed by atoms with Gasteiger partial charge in [-0.2, -0.15) is 0 Å². The average molecular weight is 278 g/mol. The minimum atomic E-state index is -0.199. The first-order chi connectivity index (χ1) is 9.43. The number of hydrogen-bond acceptors (Lipinski definition) is 4. The summed E-state index contributed by atoms with van der Waals surface area (Å²) in [5, 5.41) is 0. The van der Waals surface area contributed by atoms with Gasteiger partial charge in [-0.1, -0.05) is 0 Å². The van der Waals surface area contributed by atoms with Gasteiger partial charge in [0.05, 0.1) is 24.9 Å². The van der Waals surface area contributed by atoms with Crippen LogP contribution in [0.5, 0.6) is 0 Å². The molecule has 110 valence electrons. The number of H-pyrrole nitrogens is 1. The van der Waals surface area contributed by atoms with Gasteiger partial charge in [0.2, 0.25) is 0 Å². The lowest BCUT2D eigenvalue weighted by Crippen LogP contribution is -2.46. The standard InChI is InChI=1S/C15H22N2O3/c1-9-13(12(4)18)10(2)16-14(9)15(19)11(3)17-5-7-20-8-6-17/h11,16H,5-8H2,1-4H3. The summed E-state index contributed by atoms with van der Waals surface area (Å²) in [6, 6.07) is -0.199. The Balaban J connectivity index is 2.24. The number of hydrogen-bond donors (Lipinski definition) is 1. The molecule has 5 heteroatoms. The Morgan fingerprint density at radius 2 is 1.85 bits per heavy atom. The lowest BCUT2D eigenvalue weighted by molar-refractivity contribution is 0.0207. The zero-order valence-electron chi connectivity index (χ0n) is 12.6. The number of carbonyl (C=O) groups excluding carboxylic acids is 2. The molecule has 0 saturated carbocycles. The minimum Gasteiger partial charge on any atom is -0.379 e. The van der Waals surface area contributed by atoms with E-state index in [9.17, 15) is 9.59 Å². The number of Topliss-reactive ketones (excluding diaryl/α,β-unsaturated/α-hetero) is 2. The van der Waals surface area contributed by atoms with Gasteiger partial charge in [0.1, 0.15) is 0 Å². The molecular formula is C15H22N2O3. The van der Waals surface area contributed by atoms with Crippen LogP contribution in [0.2, 0.25) is 0 Å². The molecule has 20 heavy (non-hydrogen) atoms. The molecule has 0 bridgehead atoms. The molecule has 1 aliphatic rings. The van der Waals surface area contributed by atoms with Gasteiger partial charge < -0.3 is 9.72 Å². The lowest BCUT2D eigenvalue weighted by Gasteiger charge is -2.31. The van der Waals surface area contributed by atoms with E-state index in [1.54, 1.807) is 0 Å². The van der Waals surface area contributed by atoms with Gasteiger partial charge in [0, 0.05) is 24.3 Å². The number of ether oxygens (including phenoxy) is 1. The number of nitrogens with zero attached hydrogens (tertiary/aromatic N) is 1. The summed E-state index contributed by atoms with van der Waals surface area (Å²) in [6.45, 7) is 9.98. The lowest BCUT2D eigenvalue weighted by atomic mass is 10.0. The van der Waals surface area contributed by atoms with Crippen LogP contribution < -0.4 is 0 Å². The summed E-state index contributed by atoms with van der Waals surface area (Å²) in [5.41, 5.74) is 2.74. The van der Waals surface area contributed by atoms with Crippen molar-refractivity contribution >= 4 is 11.6 Å². The molecule has 1 atom stereocenters. The Labute approximate surface area is 119 Å². The predicted molar refractivity (Wildman–Crippen MR) is 76.5 cm³/mol. The zero-order chi connectivity index (χ0) is 14.9.